The van der Waals surface area contributed by atoms with Gasteiger partial charge in [-0.1, -0.05) is 6.92 Å². The summed E-state index contributed by atoms with van der Waals surface area (Å²) in [6.07, 6.45) is 4.86. The van der Waals surface area contributed by atoms with Crippen LogP contribution in [0, 0.1) is 6.92 Å². The summed E-state index contributed by atoms with van der Waals surface area (Å²) < 4.78 is 1.98. The summed E-state index contributed by atoms with van der Waals surface area (Å²) in [7, 11) is 2.02. The monoisotopic (exact) mass is 272 g/mol. The third kappa shape index (κ3) is 3.67. The molecule has 0 radical (unpaired) electrons. The van der Waals surface area contributed by atoms with Crippen molar-refractivity contribution in [3.63, 3.8) is 0 Å². The Morgan fingerprint density at radius 3 is 2.50 bits per heavy atom. The molecule has 2 rings (SSSR count). The molecule has 20 heavy (non-hydrogen) atoms. The maximum atomic E-state index is 4.44. The van der Waals surface area contributed by atoms with Crippen LogP contribution in [0.5, 0.6) is 0 Å². The average molecular weight is 272 g/mol. The van der Waals surface area contributed by atoms with Crippen molar-refractivity contribution in [1.82, 2.24) is 19.7 Å². The fourth-order valence-electron chi connectivity index (χ4n) is 2.37. The summed E-state index contributed by atoms with van der Waals surface area (Å²) in [5, 5.41) is 4.44. The molecule has 0 amide bonds. The normalized spacial score (nSPS) is 12.8. The largest absolute Gasteiger partial charge is 0.291 e. The Kier molecular flexibility index (Phi) is 4.90. The lowest BCUT2D eigenvalue weighted by molar-refractivity contribution is 0.181. The standard InChI is InChI=1S/C16H24N4/c1-5-14(3)20(11-15-6-8-17-9-7-15)12-16-10-13(2)18-19(16)4/h6-10,14H,5,11-12H2,1-4H3. The predicted octanol–water partition coefficient (Wildman–Crippen LogP) is 2.92. The first kappa shape index (κ1) is 14.7. The van der Waals surface area contributed by atoms with Crippen molar-refractivity contribution in [3.8, 4) is 0 Å². The molecule has 4 nitrogen and oxygen atoms in total. The SMILES string of the molecule is CCC(C)N(Cc1ccncc1)Cc1cc(C)nn1C. The minimum Gasteiger partial charge on any atom is -0.291 e. The summed E-state index contributed by atoms with van der Waals surface area (Å²) in [4.78, 5) is 6.58. The lowest BCUT2D eigenvalue weighted by Gasteiger charge is -2.28. The molecular weight excluding hydrogens is 248 g/mol. The number of nitrogens with zero attached hydrogens (tertiary/aromatic N) is 4. The van der Waals surface area contributed by atoms with E-state index in [1.165, 1.54) is 11.3 Å². The molecule has 0 aliphatic rings. The van der Waals surface area contributed by atoms with E-state index in [0.29, 0.717) is 6.04 Å². The van der Waals surface area contributed by atoms with Crippen LogP contribution in [0.4, 0.5) is 0 Å². The Morgan fingerprint density at radius 2 is 1.95 bits per heavy atom. The van der Waals surface area contributed by atoms with E-state index in [1.54, 1.807) is 0 Å². The molecule has 4 heteroatoms. The number of hydrogen-bond acceptors (Lipinski definition) is 3. The van der Waals surface area contributed by atoms with Crippen molar-refractivity contribution in [3.05, 3.63) is 47.5 Å². The minimum atomic E-state index is 0.540. The number of hydrogen-bond donors (Lipinski definition) is 0. The van der Waals surface area contributed by atoms with Gasteiger partial charge in [-0.15, -0.1) is 0 Å². The van der Waals surface area contributed by atoms with Crippen LogP contribution < -0.4 is 0 Å². The summed E-state index contributed by atoms with van der Waals surface area (Å²) in [6.45, 7) is 8.43. The van der Waals surface area contributed by atoms with Gasteiger partial charge in [-0.3, -0.25) is 14.6 Å². The third-order valence-electron chi connectivity index (χ3n) is 3.81. The van der Waals surface area contributed by atoms with Gasteiger partial charge in [0.2, 0.25) is 0 Å². The number of aromatic nitrogens is 3. The zero-order valence-electron chi connectivity index (χ0n) is 12.9. The zero-order valence-corrected chi connectivity index (χ0v) is 12.9. The molecule has 2 heterocycles. The van der Waals surface area contributed by atoms with Gasteiger partial charge in [0.05, 0.1) is 11.4 Å². The molecule has 0 fully saturated rings. The molecule has 0 saturated carbocycles. The van der Waals surface area contributed by atoms with Crippen molar-refractivity contribution in [1.29, 1.82) is 0 Å². The molecule has 108 valence electrons. The van der Waals surface area contributed by atoms with E-state index in [4.69, 9.17) is 0 Å². The zero-order chi connectivity index (χ0) is 14.5. The highest BCUT2D eigenvalue weighted by atomic mass is 15.3. The van der Waals surface area contributed by atoms with Crippen molar-refractivity contribution >= 4 is 0 Å². The van der Waals surface area contributed by atoms with Crippen LogP contribution in [0.25, 0.3) is 0 Å². The van der Waals surface area contributed by atoms with Gasteiger partial charge in [0.15, 0.2) is 0 Å². The van der Waals surface area contributed by atoms with Crippen LogP contribution in [0.15, 0.2) is 30.6 Å². The van der Waals surface area contributed by atoms with E-state index in [2.05, 4.69) is 47.0 Å². The van der Waals surface area contributed by atoms with Crippen LogP contribution >= 0.6 is 0 Å². The summed E-state index contributed by atoms with van der Waals surface area (Å²) >= 11 is 0. The predicted molar refractivity (Wildman–Crippen MR) is 81.2 cm³/mol. The third-order valence-corrected chi connectivity index (χ3v) is 3.81. The van der Waals surface area contributed by atoms with E-state index < -0.39 is 0 Å². The fraction of sp³-hybridized carbons (Fsp3) is 0.500. The molecule has 0 spiro atoms. The first-order chi connectivity index (χ1) is 9.60. The lowest BCUT2D eigenvalue weighted by Crippen LogP contribution is -2.32. The molecule has 0 saturated heterocycles. The Balaban J connectivity index is 2.14. The molecule has 2 aromatic rings. The highest BCUT2D eigenvalue weighted by Crippen LogP contribution is 2.15. The van der Waals surface area contributed by atoms with E-state index in [1.807, 2.05) is 31.0 Å². The van der Waals surface area contributed by atoms with Crippen molar-refractivity contribution < 1.29 is 0 Å². The Hall–Kier alpha value is -1.68. The van der Waals surface area contributed by atoms with E-state index in [9.17, 15) is 0 Å². The van der Waals surface area contributed by atoms with Gasteiger partial charge in [0.25, 0.3) is 0 Å². The lowest BCUT2D eigenvalue weighted by atomic mass is 10.1. The average Bonchev–Trinajstić information content (AvgIpc) is 2.76. The number of pyridine rings is 1. The number of aryl methyl sites for hydroxylation is 2. The quantitative estimate of drug-likeness (QED) is 0.811. The topological polar surface area (TPSA) is 34.0 Å². The minimum absolute atomic E-state index is 0.540. The van der Waals surface area contributed by atoms with Gasteiger partial charge in [-0.25, -0.2) is 0 Å². The van der Waals surface area contributed by atoms with Gasteiger partial charge in [-0.2, -0.15) is 5.10 Å². The second kappa shape index (κ2) is 6.66. The van der Waals surface area contributed by atoms with Crippen LogP contribution in [0.1, 0.15) is 37.2 Å². The molecule has 1 unspecified atom stereocenters. The van der Waals surface area contributed by atoms with E-state index >= 15 is 0 Å². The van der Waals surface area contributed by atoms with E-state index in [-0.39, 0.29) is 0 Å². The smallest absolute Gasteiger partial charge is 0.0597 e. The molecule has 1 atom stereocenters. The summed E-state index contributed by atoms with van der Waals surface area (Å²) in [5.41, 5.74) is 3.64. The van der Waals surface area contributed by atoms with Gasteiger partial charge in [0, 0.05) is 38.6 Å². The first-order valence-corrected chi connectivity index (χ1v) is 7.22. The van der Waals surface area contributed by atoms with Crippen molar-refractivity contribution in [2.75, 3.05) is 0 Å². The highest BCUT2D eigenvalue weighted by Gasteiger charge is 2.15. The van der Waals surface area contributed by atoms with Gasteiger partial charge in [-0.05, 0) is 44.0 Å². The molecule has 0 aromatic carbocycles. The van der Waals surface area contributed by atoms with Crippen LogP contribution in [0.2, 0.25) is 0 Å². The molecule has 0 N–H and O–H groups in total. The van der Waals surface area contributed by atoms with Crippen molar-refractivity contribution in [2.24, 2.45) is 7.05 Å². The Labute approximate surface area is 121 Å². The fourth-order valence-corrected chi connectivity index (χ4v) is 2.37. The van der Waals surface area contributed by atoms with Crippen LogP contribution in [-0.2, 0) is 20.1 Å². The Bertz CT molecular complexity index is 533. The van der Waals surface area contributed by atoms with Crippen LogP contribution in [0.3, 0.4) is 0 Å². The molecule has 2 aromatic heterocycles. The van der Waals surface area contributed by atoms with Crippen LogP contribution in [-0.4, -0.2) is 25.7 Å². The second-order valence-corrected chi connectivity index (χ2v) is 5.42. The second-order valence-electron chi connectivity index (χ2n) is 5.42. The summed E-state index contributed by atoms with van der Waals surface area (Å²) in [5.74, 6) is 0. The molecular formula is C16H24N4. The van der Waals surface area contributed by atoms with Gasteiger partial charge in [0.1, 0.15) is 0 Å². The maximum absolute atomic E-state index is 4.44. The maximum Gasteiger partial charge on any atom is 0.0597 e. The highest BCUT2D eigenvalue weighted by molar-refractivity contribution is 5.12. The molecule has 0 bridgehead atoms. The number of rotatable bonds is 6. The molecule has 0 aliphatic carbocycles. The van der Waals surface area contributed by atoms with Gasteiger partial charge < -0.3 is 0 Å². The van der Waals surface area contributed by atoms with Crippen molar-refractivity contribution in [2.45, 2.75) is 46.3 Å². The first-order valence-electron chi connectivity index (χ1n) is 7.22. The summed E-state index contributed by atoms with van der Waals surface area (Å²) in [6, 6.07) is 6.88. The van der Waals surface area contributed by atoms with E-state index in [0.717, 1.165) is 25.2 Å². The molecule has 0 aliphatic heterocycles. The Morgan fingerprint density at radius 1 is 1.25 bits per heavy atom. The van der Waals surface area contributed by atoms with Gasteiger partial charge >= 0.3 is 0 Å².